The van der Waals surface area contributed by atoms with E-state index in [2.05, 4.69) is 24.1 Å². The van der Waals surface area contributed by atoms with Gasteiger partial charge in [0, 0.05) is 32.2 Å². The molecule has 1 unspecified atom stereocenters. The largest absolute Gasteiger partial charge is 0.311 e. The fourth-order valence-corrected chi connectivity index (χ4v) is 3.49. The van der Waals surface area contributed by atoms with E-state index in [0.29, 0.717) is 18.5 Å². The molecule has 1 aliphatic rings. The average molecular weight is 290 g/mol. The van der Waals surface area contributed by atoms with Crippen molar-refractivity contribution in [1.82, 2.24) is 10.2 Å². The number of hydrogen-bond donors (Lipinski definition) is 1. The van der Waals surface area contributed by atoms with Gasteiger partial charge < -0.3 is 5.32 Å². The Kier molecular flexibility index (Phi) is 5.83. The van der Waals surface area contributed by atoms with Gasteiger partial charge in [-0.15, -0.1) is 0 Å². The van der Waals surface area contributed by atoms with Crippen LogP contribution in [0.15, 0.2) is 0 Å². The van der Waals surface area contributed by atoms with Gasteiger partial charge in [0.25, 0.3) is 0 Å². The molecule has 0 saturated carbocycles. The lowest BCUT2D eigenvalue weighted by Gasteiger charge is -2.35. The first-order chi connectivity index (χ1) is 8.62. The summed E-state index contributed by atoms with van der Waals surface area (Å²) in [5.41, 5.74) is 0. The third kappa shape index (κ3) is 5.40. The van der Waals surface area contributed by atoms with Crippen molar-refractivity contribution >= 4 is 9.84 Å². The molecule has 0 bridgehead atoms. The molecule has 0 aromatic heterocycles. The van der Waals surface area contributed by atoms with Gasteiger partial charge in [-0.05, 0) is 33.1 Å². The fraction of sp³-hybridized carbons (Fsp3) is 1.00. The van der Waals surface area contributed by atoms with Crippen LogP contribution in [0.25, 0.3) is 0 Å². The van der Waals surface area contributed by atoms with Crippen molar-refractivity contribution in [2.24, 2.45) is 5.92 Å². The molecule has 4 nitrogen and oxygen atoms in total. The topological polar surface area (TPSA) is 49.4 Å². The normalized spacial score (nSPS) is 22.9. The van der Waals surface area contributed by atoms with Gasteiger partial charge in [-0.1, -0.05) is 13.8 Å². The van der Waals surface area contributed by atoms with Crippen molar-refractivity contribution in [3.05, 3.63) is 0 Å². The second-order valence-corrected chi connectivity index (χ2v) is 9.87. The van der Waals surface area contributed by atoms with E-state index in [1.807, 2.05) is 0 Å². The molecule has 114 valence electrons. The molecule has 1 rings (SSSR count). The molecule has 5 heteroatoms. The number of hydrogen-bond acceptors (Lipinski definition) is 4. The van der Waals surface area contributed by atoms with Crippen molar-refractivity contribution in [3.63, 3.8) is 0 Å². The monoisotopic (exact) mass is 290 g/mol. The minimum absolute atomic E-state index is 0.269. The first-order valence-corrected chi connectivity index (χ1v) is 8.95. The molecule has 0 aromatic carbocycles. The van der Waals surface area contributed by atoms with Crippen molar-refractivity contribution in [1.29, 1.82) is 0 Å². The molecule has 1 atom stereocenters. The molecule has 0 amide bonds. The second-order valence-electron chi connectivity index (χ2n) is 7.01. The first kappa shape index (κ1) is 16.9. The maximum atomic E-state index is 12.1. The summed E-state index contributed by atoms with van der Waals surface area (Å²) in [7, 11) is -3.00. The van der Waals surface area contributed by atoms with Gasteiger partial charge in [0.2, 0.25) is 0 Å². The minimum atomic E-state index is -3.00. The van der Waals surface area contributed by atoms with Crippen LogP contribution in [0.5, 0.6) is 0 Å². The Labute approximate surface area is 118 Å². The van der Waals surface area contributed by atoms with E-state index < -0.39 is 14.6 Å². The highest BCUT2D eigenvalue weighted by atomic mass is 32.2. The SMILES string of the molecule is CC(C)CC1CN(CCS(=O)(=O)C(C)(C)C)CCN1. The van der Waals surface area contributed by atoms with Crippen LogP contribution >= 0.6 is 0 Å². The highest BCUT2D eigenvalue weighted by Gasteiger charge is 2.30. The Morgan fingerprint density at radius 1 is 1.32 bits per heavy atom. The Bertz CT molecular complexity index is 371. The lowest BCUT2D eigenvalue weighted by Crippen LogP contribution is -2.52. The summed E-state index contributed by atoms with van der Waals surface area (Å²) in [5, 5.41) is 3.52. The molecule has 0 aliphatic carbocycles. The van der Waals surface area contributed by atoms with E-state index in [1.165, 1.54) is 0 Å². The third-order valence-corrected chi connectivity index (χ3v) is 6.29. The molecular weight excluding hydrogens is 260 g/mol. The second kappa shape index (κ2) is 6.55. The van der Waals surface area contributed by atoms with Gasteiger partial charge in [-0.2, -0.15) is 0 Å². The van der Waals surface area contributed by atoms with E-state index in [9.17, 15) is 8.42 Å². The molecule has 1 fully saturated rings. The predicted molar refractivity (Wildman–Crippen MR) is 81.2 cm³/mol. The van der Waals surface area contributed by atoms with Crippen LogP contribution in [-0.2, 0) is 9.84 Å². The number of sulfone groups is 1. The Morgan fingerprint density at radius 2 is 1.95 bits per heavy atom. The fourth-order valence-electron chi connectivity index (χ4n) is 2.38. The maximum Gasteiger partial charge on any atom is 0.156 e. The highest BCUT2D eigenvalue weighted by molar-refractivity contribution is 7.92. The van der Waals surface area contributed by atoms with Crippen LogP contribution < -0.4 is 5.32 Å². The van der Waals surface area contributed by atoms with E-state index >= 15 is 0 Å². The number of nitrogens with zero attached hydrogens (tertiary/aromatic N) is 1. The van der Waals surface area contributed by atoms with Crippen LogP contribution in [0.4, 0.5) is 0 Å². The molecule has 1 aliphatic heterocycles. The summed E-state index contributed by atoms with van der Waals surface area (Å²) >= 11 is 0. The van der Waals surface area contributed by atoms with E-state index in [1.54, 1.807) is 20.8 Å². The summed E-state index contributed by atoms with van der Waals surface area (Å²) in [6.45, 7) is 13.3. The number of nitrogens with one attached hydrogen (secondary N) is 1. The zero-order valence-electron chi connectivity index (χ0n) is 13.1. The van der Waals surface area contributed by atoms with E-state index in [4.69, 9.17) is 0 Å². The zero-order valence-corrected chi connectivity index (χ0v) is 13.9. The molecule has 1 saturated heterocycles. The standard InChI is InChI=1S/C14H30N2O2S/c1-12(2)10-13-11-16(7-6-15-13)8-9-19(17,18)14(3,4)5/h12-13,15H,6-11H2,1-5H3. The van der Waals surface area contributed by atoms with Gasteiger partial charge in [0.1, 0.15) is 0 Å². The summed E-state index contributed by atoms with van der Waals surface area (Å²) in [4.78, 5) is 2.28. The van der Waals surface area contributed by atoms with Crippen molar-refractivity contribution in [3.8, 4) is 0 Å². The van der Waals surface area contributed by atoms with E-state index in [0.717, 1.165) is 26.1 Å². The summed E-state index contributed by atoms with van der Waals surface area (Å²) in [5.74, 6) is 0.945. The van der Waals surface area contributed by atoms with Crippen LogP contribution in [0.3, 0.4) is 0 Å². The van der Waals surface area contributed by atoms with Crippen LogP contribution in [-0.4, -0.2) is 56.0 Å². The summed E-state index contributed by atoms with van der Waals surface area (Å²) in [6.07, 6.45) is 1.16. The third-order valence-electron chi connectivity index (χ3n) is 3.70. The predicted octanol–water partition coefficient (Wildman–Crippen LogP) is 1.52. The van der Waals surface area contributed by atoms with Gasteiger partial charge in [-0.25, -0.2) is 8.42 Å². The smallest absolute Gasteiger partial charge is 0.156 e. The molecule has 1 N–H and O–H groups in total. The highest BCUT2D eigenvalue weighted by Crippen LogP contribution is 2.16. The summed E-state index contributed by atoms with van der Waals surface area (Å²) in [6, 6.07) is 0.506. The molecule has 1 heterocycles. The Balaban J connectivity index is 2.46. The molecule has 19 heavy (non-hydrogen) atoms. The van der Waals surface area contributed by atoms with E-state index in [-0.39, 0.29) is 5.75 Å². The molecular formula is C14H30N2O2S. The maximum absolute atomic E-state index is 12.1. The average Bonchev–Trinajstić information content (AvgIpc) is 2.24. The van der Waals surface area contributed by atoms with Gasteiger partial charge >= 0.3 is 0 Å². The molecule has 0 spiro atoms. The molecule has 0 aromatic rings. The van der Waals surface area contributed by atoms with Gasteiger partial charge in [-0.3, -0.25) is 4.90 Å². The van der Waals surface area contributed by atoms with Gasteiger partial charge in [0.05, 0.1) is 10.5 Å². The van der Waals surface area contributed by atoms with Crippen molar-refractivity contribution < 1.29 is 8.42 Å². The van der Waals surface area contributed by atoms with Crippen LogP contribution in [0.1, 0.15) is 41.0 Å². The Hall–Kier alpha value is -0.130. The first-order valence-electron chi connectivity index (χ1n) is 7.30. The minimum Gasteiger partial charge on any atom is -0.311 e. The number of piperazine rings is 1. The quantitative estimate of drug-likeness (QED) is 0.834. The zero-order chi connectivity index (χ0) is 14.7. The van der Waals surface area contributed by atoms with Crippen LogP contribution in [0.2, 0.25) is 0 Å². The van der Waals surface area contributed by atoms with Crippen molar-refractivity contribution in [2.75, 3.05) is 31.9 Å². The Morgan fingerprint density at radius 3 is 2.47 bits per heavy atom. The lowest BCUT2D eigenvalue weighted by molar-refractivity contribution is 0.195. The van der Waals surface area contributed by atoms with Gasteiger partial charge in [0.15, 0.2) is 9.84 Å². The number of rotatable bonds is 5. The van der Waals surface area contributed by atoms with Crippen molar-refractivity contribution in [2.45, 2.75) is 51.8 Å². The molecule has 0 radical (unpaired) electrons. The lowest BCUT2D eigenvalue weighted by atomic mass is 10.0. The van der Waals surface area contributed by atoms with Crippen LogP contribution in [0, 0.1) is 5.92 Å². The summed E-state index contributed by atoms with van der Waals surface area (Å²) < 4.78 is 23.6.